The predicted molar refractivity (Wildman–Crippen MR) is 397 cm³/mol. The number of hydrogen-bond acceptors (Lipinski definition) is 2. The second kappa shape index (κ2) is 20.7. The van der Waals surface area contributed by atoms with Crippen molar-refractivity contribution in [2.75, 3.05) is 9.80 Å². The third kappa shape index (κ3) is 7.66. The SMILES string of the molecule is Fc1cc(N(c2cccc3c4ccccc4n(-c4ccccc4)c23)c2cccc3c4ccccc4n(-c4ccccc4)c23)c2ccc3ccc(N(c4cccc5c6ccccc6n(-c6ccccc6)c45)c4cccc5c6ccccc6n(-c6ccccc6)c45)c4ccc1c2c34. The molecule has 0 amide bonds. The van der Waals surface area contributed by atoms with Gasteiger partial charge in [0, 0.05) is 87.4 Å². The van der Waals surface area contributed by atoms with Gasteiger partial charge in [0.15, 0.2) is 0 Å². The molecule has 444 valence electrons. The van der Waals surface area contributed by atoms with Crippen molar-refractivity contribution >= 4 is 154 Å². The fraction of sp³-hybridized carbons (Fsp3) is 0. The van der Waals surface area contributed by atoms with Crippen LogP contribution in [-0.2, 0) is 0 Å². The first-order chi connectivity index (χ1) is 47.1. The smallest absolute Gasteiger partial charge is 0.133 e. The third-order valence-electron chi connectivity index (χ3n) is 19.9. The van der Waals surface area contributed by atoms with E-state index in [-0.39, 0.29) is 5.82 Å². The van der Waals surface area contributed by atoms with Gasteiger partial charge in [-0.2, -0.15) is 0 Å². The zero-order valence-corrected chi connectivity index (χ0v) is 51.3. The first-order valence-electron chi connectivity index (χ1n) is 32.5. The Morgan fingerprint density at radius 1 is 0.200 bits per heavy atom. The van der Waals surface area contributed by atoms with Crippen LogP contribution in [0.3, 0.4) is 0 Å². The van der Waals surface area contributed by atoms with Crippen molar-refractivity contribution in [1.29, 1.82) is 0 Å². The Hall–Kier alpha value is -12.7. The fourth-order valence-corrected chi connectivity index (χ4v) is 16.1. The molecule has 20 aromatic rings. The molecule has 0 spiro atoms. The summed E-state index contributed by atoms with van der Waals surface area (Å²) in [7, 11) is 0. The highest BCUT2D eigenvalue weighted by molar-refractivity contribution is 6.30. The van der Waals surface area contributed by atoms with Crippen molar-refractivity contribution in [3.05, 3.63) is 339 Å². The molecule has 0 aliphatic rings. The van der Waals surface area contributed by atoms with Crippen LogP contribution >= 0.6 is 0 Å². The number of nitrogens with zero attached hydrogens (tertiary/aromatic N) is 6. The minimum Gasteiger partial charge on any atom is -0.307 e. The van der Waals surface area contributed by atoms with Crippen LogP contribution in [0.2, 0.25) is 0 Å². The summed E-state index contributed by atoms with van der Waals surface area (Å²) in [4.78, 5) is 4.87. The standard InChI is InChI=1S/C88H55FN6/c89-72-55-82(95(80-47-23-39-67-63-35-15-19-43-75(63)92(87(67)80)59-29-9-3-10-30-59)81-48-24-40-68-64-36-16-20-44-76(64)93(88(68)81)60-31-11-4-12-32-60)71-51-49-56-50-54-77(70-53-52-69(72)84(71)83(56)70)94(78-45-21-37-65-61-33-13-17-41-73(61)90(85(65)78)57-25-5-1-6-26-57)79-46-22-38-66-62-34-14-18-42-74(62)91(86(66)79)58-27-7-2-8-28-58/h1-55H. The lowest BCUT2D eigenvalue weighted by molar-refractivity contribution is 0.640. The molecule has 20 rings (SSSR count). The van der Waals surface area contributed by atoms with Crippen LogP contribution in [0.15, 0.2) is 334 Å². The normalized spacial score (nSPS) is 12.1. The van der Waals surface area contributed by atoms with Crippen molar-refractivity contribution in [3.8, 4) is 22.7 Å². The third-order valence-corrected chi connectivity index (χ3v) is 19.9. The Morgan fingerprint density at radius 3 is 0.853 bits per heavy atom. The van der Waals surface area contributed by atoms with Crippen LogP contribution in [0.5, 0.6) is 0 Å². The summed E-state index contributed by atoms with van der Waals surface area (Å²) in [6.45, 7) is 0. The Bertz CT molecular complexity index is 6170. The predicted octanol–water partition coefficient (Wildman–Crippen LogP) is 24.1. The van der Waals surface area contributed by atoms with Crippen molar-refractivity contribution in [1.82, 2.24) is 18.3 Å². The monoisotopic (exact) mass is 1210 g/mol. The molecule has 16 aromatic carbocycles. The largest absolute Gasteiger partial charge is 0.307 e. The number of fused-ring (bicyclic) bond motifs is 12. The molecule has 0 bridgehead atoms. The summed E-state index contributed by atoms with van der Waals surface area (Å²) >= 11 is 0. The van der Waals surface area contributed by atoms with Gasteiger partial charge in [0.05, 0.1) is 78.3 Å². The highest BCUT2D eigenvalue weighted by Gasteiger charge is 2.31. The minimum absolute atomic E-state index is 0.310. The highest BCUT2D eigenvalue weighted by atomic mass is 19.1. The van der Waals surface area contributed by atoms with E-state index < -0.39 is 0 Å². The van der Waals surface area contributed by atoms with E-state index in [1.54, 1.807) is 6.07 Å². The van der Waals surface area contributed by atoms with E-state index in [9.17, 15) is 0 Å². The lowest BCUT2D eigenvalue weighted by Crippen LogP contribution is -2.15. The lowest BCUT2D eigenvalue weighted by Gasteiger charge is -2.31. The molecule has 0 aliphatic heterocycles. The summed E-state index contributed by atoms with van der Waals surface area (Å²) in [5.74, 6) is -0.310. The summed E-state index contributed by atoms with van der Waals surface area (Å²) in [5, 5.41) is 14.3. The van der Waals surface area contributed by atoms with Gasteiger partial charge in [-0.1, -0.05) is 224 Å². The number of para-hydroxylation sites is 12. The molecule has 0 fully saturated rings. The van der Waals surface area contributed by atoms with Crippen LogP contribution in [0.4, 0.5) is 38.5 Å². The number of halogens is 1. The Labute approximate surface area is 545 Å². The Balaban J connectivity index is 0.929. The first kappa shape index (κ1) is 53.0. The van der Waals surface area contributed by atoms with Crippen molar-refractivity contribution < 1.29 is 4.39 Å². The van der Waals surface area contributed by atoms with E-state index in [4.69, 9.17) is 0 Å². The quantitative estimate of drug-likeness (QED) is 0.128. The van der Waals surface area contributed by atoms with E-state index >= 15 is 4.39 Å². The average molecular weight is 1220 g/mol. The van der Waals surface area contributed by atoms with Gasteiger partial charge in [-0.3, -0.25) is 0 Å². The molecule has 0 aliphatic carbocycles. The molecule has 0 radical (unpaired) electrons. The van der Waals surface area contributed by atoms with Gasteiger partial charge in [-0.05, 0) is 120 Å². The molecule has 7 heteroatoms. The van der Waals surface area contributed by atoms with E-state index in [1.165, 1.54) is 0 Å². The highest BCUT2D eigenvalue weighted by Crippen LogP contribution is 2.54. The summed E-state index contributed by atoms with van der Waals surface area (Å²) < 4.78 is 28.5. The van der Waals surface area contributed by atoms with Crippen LogP contribution in [0.1, 0.15) is 0 Å². The number of hydrogen-bond donors (Lipinski definition) is 0. The molecule has 0 saturated carbocycles. The topological polar surface area (TPSA) is 26.2 Å². The molecule has 0 saturated heterocycles. The molecule has 0 unspecified atom stereocenters. The molecular weight excluding hydrogens is 1160 g/mol. The maximum absolute atomic E-state index is 18.8. The zero-order valence-electron chi connectivity index (χ0n) is 51.3. The van der Waals surface area contributed by atoms with E-state index in [0.717, 1.165) is 171 Å². The molecular formula is C88H55FN6. The summed E-state index contributed by atoms with van der Waals surface area (Å²) in [6.07, 6.45) is 0. The minimum atomic E-state index is -0.310. The molecule has 6 nitrogen and oxygen atoms in total. The Kier molecular flexibility index (Phi) is 11.5. The number of rotatable bonds is 10. The van der Waals surface area contributed by atoms with Crippen LogP contribution in [0.25, 0.3) is 142 Å². The lowest BCUT2D eigenvalue weighted by atomic mass is 9.91. The van der Waals surface area contributed by atoms with Crippen molar-refractivity contribution in [3.63, 3.8) is 0 Å². The van der Waals surface area contributed by atoms with Gasteiger partial charge in [0.25, 0.3) is 0 Å². The maximum Gasteiger partial charge on any atom is 0.133 e. The first-order valence-corrected chi connectivity index (χ1v) is 32.5. The van der Waals surface area contributed by atoms with Gasteiger partial charge in [-0.25, -0.2) is 4.39 Å². The van der Waals surface area contributed by atoms with Gasteiger partial charge in [0.1, 0.15) is 5.82 Å². The van der Waals surface area contributed by atoms with Crippen LogP contribution in [-0.4, -0.2) is 18.3 Å². The van der Waals surface area contributed by atoms with Crippen molar-refractivity contribution in [2.45, 2.75) is 0 Å². The maximum atomic E-state index is 18.8. The number of anilines is 6. The van der Waals surface area contributed by atoms with Gasteiger partial charge in [-0.15, -0.1) is 0 Å². The summed E-state index contributed by atoms with van der Waals surface area (Å²) in [6, 6.07) is 119. The molecule has 4 heterocycles. The van der Waals surface area contributed by atoms with E-state index in [2.05, 4.69) is 350 Å². The molecule has 0 N–H and O–H groups in total. The average Bonchev–Trinajstić information content (AvgIpc) is 1.69. The molecule has 0 atom stereocenters. The Morgan fingerprint density at radius 2 is 0.484 bits per heavy atom. The van der Waals surface area contributed by atoms with Crippen molar-refractivity contribution in [2.24, 2.45) is 0 Å². The van der Waals surface area contributed by atoms with Gasteiger partial charge in [0.2, 0.25) is 0 Å². The van der Waals surface area contributed by atoms with Crippen LogP contribution < -0.4 is 9.80 Å². The van der Waals surface area contributed by atoms with E-state index in [1.807, 2.05) is 6.07 Å². The summed E-state index contributed by atoms with van der Waals surface area (Å²) in [5.41, 5.74) is 18.2. The second-order valence-corrected chi connectivity index (χ2v) is 24.8. The van der Waals surface area contributed by atoms with Gasteiger partial charge < -0.3 is 28.1 Å². The molecule has 95 heavy (non-hydrogen) atoms. The van der Waals surface area contributed by atoms with E-state index in [0.29, 0.717) is 5.39 Å². The van der Waals surface area contributed by atoms with Gasteiger partial charge >= 0.3 is 0 Å². The number of benzene rings is 16. The zero-order chi connectivity index (χ0) is 62.4. The van der Waals surface area contributed by atoms with Crippen LogP contribution in [0, 0.1) is 5.82 Å². The second-order valence-electron chi connectivity index (χ2n) is 24.8. The fourth-order valence-electron chi connectivity index (χ4n) is 16.1. The number of aromatic nitrogens is 4. The molecule has 4 aromatic heterocycles.